The number of piperazine rings is 1. The largest absolute Gasteiger partial charge is 0.300 e. The first-order valence-corrected chi connectivity index (χ1v) is 10.5. The predicted octanol–water partition coefficient (Wildman–Crippen LogP) is 2.93. The van der Waals surface area contributed by atoms with Gasteiger partial charge in [0.25, 0.3) is 0 Å². The summed E-state index contributed by atoms with van der Waals surface area (Å²) in [5.41, 5.74) is 1.22. The maximum absolute atomic E-state index is 12.4. The first-order chi connectivity index (χ1) is 12.0. The molecule has 0 aromatic heterocycles. The van der Waals surface area contributed by atoms with Crippen LogP contribution >= 0.6 is 11.6 Å². The highest BCUT2D eigenvalue weighted by Crippen LogP contribution is 2.15. The fourth-order valence-electron chi connectivity index (χ4n) is 3.06. The molecule has 1 aliphatic rings. The van der Waals surface area contributed by atoms with Crippen LogP contribution in [0.1, 0.15) is 5.56 Å². The Hall–Kier alpha value is -1.40. The highest BCUT2D eigenvalue weighted by atomic mass is 35.5. The molecular weight excluding hydrogens is 356 g/mol. The SMILES string of the molecule is O=S(=O)(CCN1CCN(Cc2cccc(Cl)c2)CC1)c1ccccc1. The van der Waals surface area contributed by atoms with Crippen molar-refractivity contribution in [1.82, 2.24) is 9.80 Å². The van der Waals surface area contributed by atoms with E-state index in [0.717, 1.165) is 37.7 Å². The highest BCUT2D eigenvalue weighted by molar-refractivity contribution is 7.91. The summed E-state index contributed by atoms with van der Waals surface area (Å²) in [5, 5.41) is 0.766. The number of hydrogen-bond donors (Lipinski definition) is 0. The van der Waals surface area contributed by atoms with Crippen LogP contribution in [0.15, 0.2) is 59.5 Å². The molecule has 1 heterocycles. The van der Waals surface area contributed by atoms with Gasteiger partial charge in [-0.2, -0.15) is 0 Å². The van der Waals surface area contributed by atoms with Crippen molar-refractivity contribution in [3.63, 3.8) is 0 Å². The Morgan fingerprint density at radius 3 is 2.24 bits per heavy atom. The summed E-state index contributed by atoms with van der Waals surface area (Å²) in [6, 6.07) is 16.6. The zero-order valence-electron chi connectivity index (χ0n) is 14.1. The Bertz CT molecular complexity index is 788. The van der Waals surface area contributed by atoms with Crippen LogP contribution in [0.3, 0.4) is 0 Å². The van der Waals surface area contributed by atoms with Gasteiger partial charge in [-0.1, -0.05) is 41.9 Å². The zero-order valence-corrected chi connectivity index (χ0v) is 15.7. The molecule has 2 aromatic rings. The maximum Gasteiger partial charge on any atom is 0.179 e. The van der Waals surface area contributed by atoms with Gasteiger partial charge in [-0.3, -0.25) is 9.80 Å². The zero-order chi connectivity index (χ0) is 17.7. The van der Waals surface area contributed by atoms with Gasteiger partial charge in [-0.15, -0.1) is 0 Å². The van der Waals surface area contributed by atoms with Crippen LogP contribution in [0.5, 0.6) is 0 Å². The van der Waals surface area contributed by atoms with E-state index in [1.165, 1.54) is 5.56 Å². The number of halogens is 1. The van der Waals surface area contributed by atoms with Crippen molar-refractivity contribution in [3.05, 3.63) is 65.2 Å². The number of benzene rings is 2. The number of rotatable bonds is 6. The molecule has 2 aromatic carbocycles. The van der Waals surface area contributed by atoms with Gasteiger partial charge in [0.2, 0.25) is 0 Å². The van der Waals surface area contributed by atoms with Crippen molar-refractivity contribution in [2.75, 3.05) is 38.5 Å². The van der Waals surface area contributed by atoms with Gasteiger partial charge in [-0.05, 0) is 29.8 Å². The van der Waals surface area contributed by atoms with Gasteiger partial charge in [0.05, 0.1) is 10.6 Å². The van der Waals surface area contributed by atoms with Crippen LogP contribution in [-0.4, -0.2) is 56.7 Å². The van der Waals surface area contributed by atoms with Gasteiger partial charge < -0.3 is 0 Å². The first-order valence-electron chi connectivity index (χ1n) is 8.50. The van der Waals surface area contributed by atoms with E-state index >= 15 is 0 Å². The van der Waals surface area contributed by atoms with Gasteiger partial charge in [0.15, 0.2) is 9.84 Å². The Balaban J connectivity index is 1.46. The van der Waals surface area contributed by atoms with E-state index in [1.54, 1.807) is 24.3 Å². The Morgan fingerprint density at radius 1 is 0.880 bits per heavy atom. The minimum atomic E-state index is -3.20. The van der Waals surface area contributed by atoms with Crippen molar-refractivity contribution in [2.24, 2.45) is 0 Å². The van der Waals surface area contributed by atoms with E-state index in [4.69, 9.17) is 11.6 Å². The second-order valence-corrected chi connectivity index (χ2v) is 8.93. The highest BCUT2D eigenvalue weighted by Gasteiger charge is 2.20. The fourth-order valence-corrected chi connectivity index (χ4v) is 4.58. The summed E-state index contributed by atoms with van der Waals surface area (Å²) < 4.78 is 24.7. The lowest BCUT2D eigenvalue weighted by atomic mass is 10.2. The van der Waals surface area contributed by atoms with Crippen molar-refractivity contribution in [1.29, 1.82) is 0 Å². The van der Waals surface area contributed by atoms with E-state index in [1.807, 2.05) is 24.3 Å². The van der Waals surface area contributed by atoms with Crippen molar-refractivity contribution in [3.8, 4) is 0 Å². The van der Waals surface area contributed by atoms with Crippen LogP contribution in [0.25, 0.3) is 0 Å². The molecule has 0 amide bonds. The second kappa shape index (κ2) is 8.32. The minimum Gasteiger partial charge on any atom is -0.300 e. The summed E-state index contributed by atoms with van der Waals surface area (Å²) in [6.07, 6.45) is 0. The molecule has 1 fully saturated rings. The van der Waals surface area contributed by atoms with Crippen LogP contribution in [0.2, 0.25) is 5.02 Å². The predicted molar refractivity (Wildman–Crippen MR) is 102 cm³/mol. The average Bonchev–Trinajstić information content (AvgIpc) is 2.62. The van der Waals surface area contributed by atoms with E-state index in [-0.39, 0.29) is 5.75 Å². The molecule has 0 unspecified atom stereocenters. The van der Waals surface area contributed by atoms with E-state index in [9.17, 15) is 8.42 Å². The lowest BCUT2D eigenvalue weighted by Crippen LogP contribution is -2.47. The molecule has 0 radical (unpaired) electrons. The fraction of sp³-hybridized carbons (Fsp3) is 0.368. The summed E-state index contributed by atoms with van der Waals surface area (Å²) in [4.78, 5) is 5.03. The monoisotopic (exact) mass is 378 g/mol. The van der Waals surface area contributed by atoms with Gasteiger partial charge in [0, 0.05) is 44.3 Å². The van der Waals surface area contributed by atoms with E-state index in [2.05, 4.69) is 15.9 Å². The lowest BCUT2D eigenvalue weighted by molar-refractivity contribution is 0.132. The molecule has 0 spiro atoms. The topological polar surface area (TPSA) is 40.6 Å². The molecule has 134 valence electrons. The lowest BCUT2D eigenvalue weighted by Gasteiger charge is -2.34. The molecule has 0 aliphatic carbocycles. The summed E-state index contributed by atoms with van der Waals surface area (Å²) in [5.74, 6) is 0.172. The molecule has 0 saturated carbocycles. The van der Waals surface area contributed by atoms with Crippen LogP contribution < -0.4 is 0 Å². The summed E-state index contributed by atoms with van der Waals surface area (Å²) >= 11 is 6.04. The average molecular weight is 379 g/mol. The van der Waals surface area contributed by atoms with Gasteiger partial charge in [-0.25, -0.2) is 8.42 Å². The van der Waals surface area contributed by atoms with Gasteiger partial charge in [0.1, 0.15) is 0 Å². The summed E-state index contributed by atoms with van der Waals surface area (Å²) in [6.45, 7) is 5.14. The minimum absolute atomic E-state index is 0.172. The van der Waals surface area contributed by atoms with Crippen LogP contribution in [0, 0.1) is 0 Å². The third kappa shape index (κ3) is 5.28. The Kier molecular flexibility index (Phi) is 6.12. The second-order valence-electron chi connectivity index (χ2n) is 6.38. The molecule has 1 saturated heterocycles. The number of sulfone groups is 1. The van der Waals surface area contributed by atoms with Gasteiger partial charge >= 0.3 is 0 Å². The molecule has 25 heavy (non-hydrogen) atoms. The van der Waals surface area contributed by atoms with E-state index in [0.29, 0.717) is 11.4 Å². The van der Waals surface area contributed by atoms with Crippen LogP contribution in [-0.2, 0) is 16.4 Å². The molecular formula is C19H23ClN2O2S. The van der Waals surface area contributed by atoms with Crippen molar-refractivity contribution >= 4 is 21.4 Å². The molecule has 4 nitrogen and oxygen atoms in total. The van der Waals surface area contributed by atoms with Crippen molar-refractivity contribution < 1.29 is 8.42 Å². The molecule has 0 N–H and O–H groups in total. The Morgan fingerprint density at radius 2 is 1.56 bits per heavy atom. The molecule has 6 heteroatoms. The van der Waals surface area contributed by atoms with Crippen molar-refractivity contribution in [2.45, 2.75) is 11.4 Å². The molecule has 0 bridgehead atoms. The molecule has 0 atom stereocenters. The Labute approximate surface area is 154 Å². The van der Waals surface area contributed by atoms with Crippen LogP contribution in [0.4, 0.5) is 0 Å². The number of nitrogens with zero attached hydrogens (tertiary/aromatic N) is 2. The smallest absolute Gasteiger partial charge is 0.179 e. The maximum atomic E-state index is 12.4. The summed E-state index contributed by atoms with van der Waals surface area (Å²) in [7, 11) is -3.20. The molecule has 3 rings (SSSR count). The third-order valence-corrected chi connectivity index (χ3v) is 6.48. The quantitative estimate of drug-likeness (QED) is 0.775. The first kappa shape index (κ1) is 18.4. The number of hydrogen-bond acceptors (Lipinski definition) is 4. The third-order valence-electron chi connectivity index (χ3n) is 4.54. The normalized spacial score (nSPS) is 16.8. The molecule has 1 aliphatic heterocycles. The van der Waals surface area contributed by atoms with E-state index < -0.39 is 9.84 Å². The standard InChI is InChI=1S/C19H23ClN2O2S/c20-18-6-4-5-17(15-18)16-22-11-9-21(10-12-22)13-14-25(23,24)19-7-2-1-3-8-19/h1-8,15H,9-14,16H2.